The van der Waals surface area contributed by atoms with Crippen LogP contribution in [-0.2, 0) is 22.7 Å². The average Bonchev–Trinajstić information content (AvgIpc) is 3.16. The normalized spacial score (nSPS) is 15.9. The number of fused-ring (bicyclic) bond motifs is 2. The van der Waals surface area contributed by atoms with Gasteiger partial charge in [0.1, 0.15) is 24.5 Å². The van der Waals surface area contributed by atoms with Crippen LogP contribution in [-0.4, -0.2) is 64.1 Å². The van der Waals surface area contributed by atoms with E-state index in [0.717, 1.165) is 22.4 Å². The third-order valence-corrected chi connectivity index (χ3v) is 9.74. The fourth-order valence-corrected chi connectivity index (χ4v) is 7.07. The van der Waals surface area contributed by atoms with Crippen molar-refractivity contribution in [3.05, 3.63) is 118 Å². The van der Waals surface area contributed by atoms with Crippen molar-refractivity contribution in [1.29, 1.82) is 0 Å². The molecule has 5 aromatic rings. The molecule has 1 fully saturated rings. The quantitative estimate of drug-likeness (QED) is 0.131. The smallest absolute Gasteiger partial charge is 0.414 e. The second-order valence-electron chi connectivity index (χ2n) is 12.4. The number of hydrogen-bond acceptors (Lipinski definition) is 9. The summed E-state index contributed by atoms with van der Waals surface area (Å²) in [6, 6.07) is 26.4. The van der Waals surface area contributed by atoms with Gasteiger partial charge in [-0.05, 0) is 54.8 Å². The number of carbonyl (C=O) groups excluding carboxylic acids is 2. The molecular weight excluding hydrogens is 653 g/mol. The van der Waals surface area contributed by atoms with Crippen molar-refractivity contribution >= 4 is 52.0 Å². The maximum Gasteiger partial charge on any atom is 0.414 e. The lowest BCUT2D eigenvalue weighted by Crippen LogP contribution is -2.46. The molecule has 1 saturated heterocycles. The summed E-state index contributed by atoms with van der Waals surface area (Å²) in [4.78, 5) is 56.1. The van der Waals surface area contributed by atoms with E-state index in [0.29, 0.717) is 66.6 Å². The summed E-state index contributed by atoms with van der Waals surface area (Å²) in [5, 5.41) is 1.26. The molecule has 12 heteroatoms. The Bertz CT molecular complexity index is 2080. The van der Waals surface area contributed by atoms with Crippen molar-refractivity contribution in [2.45, 2.75) is 44.2 Å². The van der Waals surface area contributed by atoms with Crippen molar-refractivity contribution < 1.29 is 19.1 Å². The molecule has 2 aromatic heterocycles. The number of rotatable bonds is 7. The van der Waals surface area contributed by atoms with Gasteiger partial charge in [0.2, 0.25) is 0 Å². The van der Waals surface area contributed by atoms with Crippen LogP contribution in [0.4, 0.5) is 26.7 Å². The zero-order valence-corrected chi connectivity index (χ0v) is 28.8. The minimum Gasteiger partial charge on any atom is -0.445 e. The molecule has 11 nitrogen and oxygen atoms in total. The third-order valence-electron chi connectivity index (χ3n) is 9.18. The number of anilines is 3. The minimum absolute atomic E-state index is 0.159. The molecule has 256 valence electrons. The third kappa shape index (κ3) is 6.75. The molecule has 50 heavy (non-hydrogen) atoms. The SMILES string of the molecule is CSc1ncc2cc(N3CCN(C(=O)OCc4ccccc4)c4c(C)cccc43)c(=O)n([C@@H]3CCCN(C(=O)OCc4ccccc4)C3)c2n1. The summed E-state index contributed by atoms with van der Waals surface area (Å²) in [6.45, 7) is 3.81. The molecule has 2 amide bonds. The summed E-state index contributed by atoms with van der Waals surface area (Å²) in [6.07, 6.45) is 4.18. The van der Waals surface area contributed by atoms with Crippen LogP contribution in [0.2, 0.25) is 0 Å². The lowest BCUT2D eigenvalue weighted by atomic mass is 10.0. The average molecular weight is 691 g/mol. The first-order valence-corrected chi connectivity index (χ1v) is 17.9. The zero-order valence-electron chi connectivity index (χ0n) is 28.0. The fourth-order valence-electron chi connectivity index (χ4n) is 6.74. The molecule has 3 aromatic carbocycles. The minimum atomic E-state index is -0.445. The van der Waals surface area contributed by atoms with Crippen LogP contribution in [0, 0.1) is 6.92 Å². The molecule has 1 atom stereocenters. The molecule has 0 bridgehead atoms. The number of carbonyl (C=O) groups is 2. The van der Waals surface area contributed by atoms with Crippen LogP contribution < -0.4 is 15.4 Å². The number of para-hydroxylation sites is 1. The van der Waals surface area contributed by atoms with Gasteiger partial charge in [0.25, 0.3) is 5.56 Å². The molecule has 2 aliphatic rings. The van der Waals surface area contributed by atoms with Crippen LogP contribution in [0.3, 0.4) is 0 Å². The molecule has 2 aliphatic heterocycles. The number of ether oxygens (including phenoxy) is 2. The Balaban J connectivity index is 1.22. The van der Waals surface area contributed by atoms with Crippen molar-refractivity contribution in [2.24, 2.45) is 0 Å². The van der Waals surface area contributed by atoms with Crippen molar-refractivity contribution in [1.82, 2.24) is 19.4 Å². The van der Waals surface area contributed by atoms with E-state index in [-0.39, 0.29) is 24.8 Å². The number of aromatic nitrogens is 3. The number of likely N-dealkylation sites (tertiary alicyclic amines) is 1. The molecule has 7 rings (SSSR count). The van der Waals surface area contributed by atoms with Gasteiger partial charge in [0, 0.05) is 37.8 Å². The van der Waals surface area contributed by atoms with Gasteiger partial charge in [-0.15, -0.1) is 0 Å². The molecular formula is C38H38N6O5S. The predicted octanol–water partition coefficient (Wildman–Crippen LogP) is 7.09. The van der Waals surface area contributed by atoms with Gasteiger partial charge in [-0.2, -0.15) is 0 Å². The van der Waals surface area contributed by atoms with Crippen LogP contribution in [0.15, 0.2) is 101 Å². The van der Waals surface area contributed by atoms with Gasteiger partial charge in [0.15, 0.2) is 5.16 Å². The Morgan fingerprint density at radius 3 is 2.26 bits per heavy atom. The molecule has 0 unspecified atom stereocenters. The van der Waals surface area contributed by atoms with Crippen LogP contribution in [0.1, 0.15) is 35.6 Å². The monoisotopic (exact) mass is 690 g/mol. The highest BCUT2D eigenvalue weighted by atomic mass is 32.2. The Kier molecular flexibility index (Phi) is 9.70. The number of thioether (sulfide) groups is 1. The highest BCUT2D eigenvalue weighted by Gasteiger charge is 2.34. The first-order chi connectivity index (χ1) is 24.4. The zero-order chi connectivity index (χ0) is 34.6. The maximum atomic E-state index is 14.8. The Morgan fingerprint density at radius 1 is 0.860 bits per heavy atom. The second-order valence-corrected chi connectivity index (χ2v) is 13.2. The molecule has 0 spiro atoms. The summed E-state index contributed by atoms with van der Waals surface area (Å²) in [5.74, 6) is 0. The summed E-state index contributed by atoms with van der Waals surface area (Å²) < 4.78 is 13.1. The largest absolute Gasteiger partial charge is 0.445 e. The van der Waals surface area contributed by atoms with Crippen molar-refractivity contribution in [2.75, 3.05) is 42.2 Å². The van der Waals surface area contributed by atoms with E-state index in [1.54, 1.807) is 20.6 Å². The Labute approximate surface area is 294 Å². The lowest BCUT2D eigenvalue weighted by molar-refractivity contribution is 0.0802. The van der Waals surface area contributed by atoms with Gasteiger partial charge >= 0.3 is 12.2 Å². The van der Waals surface area contributed by atoms with E-state index < -0.39 is 12.2 Å². The first-order valence-electron chi connectivity index (χ1n) is 16.7. The van der Waals surface area contributed by atoms with E-state index >= 15 is 0 Å². The number of benzene rings is 3. The molecule has 0 aliphatic carbocycles. The van der Waals surface area contributed by atoms with E-state index in [1.165, 1.54) is 11.8 Å². The van der Waals surface area contributed by atoms with Gasteiger partial charge in [-0.25, -0.2) is 19.6 Å². The Morgan fingerprint density at radius 2 is 1.56 bits per heavy atom. The molecule has 0 N–H and O–H groups in total. The highest BCUT2D eigenvalue weighted by Crippen LogP contribution is 2.40. The fraction of sp³-hybridized carbons (Fsp3) is 0.289. The van der Waals surface area contributed by atoms with Gasteiger partial charge < -0.3 is 19.3 Å². The van der Waals surface area contributed by atoms with Crippen LogP contribution in [0.5, 0.6) is 0 Å². The van der Waals surface area contributed by atoms with E-state index in [2.05, 4.69) is 4.98 Å². The number of aryl methyl sites for hydroxylation is 1. The molecule has 0 saturated carbocycles. The topological polar surface area (TPSA) is 110 Å². The Hall–Kier alpha value is -5.36. The van der Waals surface area contributed by atoms with Gasteiger partial charge in [-0.3, -0.25) is 14.3 Å². The number of piperidine rings is 1. The van der Waals surface area contributed by atoms with Crippen molar-refractivity contribution in [3.63, 3.8) is 0 Å². The molecule has 0 radical (unpaired) electrons. The maximum absolute atomic E-state index is 14.8. The van der Waals surface area contributed by atoms with Crippen molar-refractivity contribution in [3.8, 4) is 0 Å². The first kappa shape index (κ1) is 33.2. The van der Waals surface area contributed by atoms with Crippen LogP contribution in [0.25, 0.3) is 11.0 Å². The lowest BCUT2D eigenvalue weighted by Gasteiger charge is -2.38. The molecule has 4 heterocycles. The summed E-state index contributed by atoms with van der Waals surface area (Å²) >= 11 is 1.40. The summed E-state index contributed by atoms with van der Waals surface area (Å²) in [5.41, 5.74) is 4.87. The summed E-state index contributed by atoms with van der Waals surface area (Å²) in [7, 11) is 0. The van der Waals surface area contributed by atoms with E-state index in [9.17, 15) is 14.4 Å². The van der Waals surface area contributed by atoms with Gasteiger partial charge in [0.05, 0.1) is 17.4 Å². The van der Waals surface area contributed by atoms with E-state index in [4.69, 9.17) is 14.5 Å². The number of amides is 2. The van der Waals surface area contributed by atoms with Crippen LogP contribution >= 0.6 is 11.8 Å². The highest BCUT2D eigenvalue weighted by molar-refractivity contribution is 7.98. The number of nitrogens with zero attached hydrogens (tertiary/aromatic N) is 6. The van der Waals surface area contributed by atoms with E-state index in [1.807, 2.05) is 103 Å². The number of pyridine rings is 1. The predicted molar refractivity (Wildman–Crippen MR) is 194 cm³/mol. The number of hydrogen-bond donors (Lipinski definition) is 0. The second kappa shape index (κ2) is 14.6. The van der Waals surface area contributed by atoms with Gasteiger partial charge in [-0.1, -0.05) is 84.6 Å². The standard InChI is InChI=1S/C38H38N6O5S/c1-26-11-9-17-31-33(26)43(38(47)49-25-28-14-7-4-8-15-28)20-19-42(31)32-21-29-22-39-36(50-2)40-34(29)44(35(32)45)30-16-10-18-41(23-30)37(46)48-24-27-12-5-3-6-13-27/h3-9,11-15,17,21-22,30H,10,16,18-20,23-25H2,1-2H3/t30-/m1/s1.